The van der Waals surface area contributed by atoms with Crippen molar-refractivity contribution in [2.24, 2.45) is 0 Å². The Hall–Kier alpha value is -2.50. The van der Waals surface area contributed by atoms with E-state index in [0.717, 1.165) is 11.1 Å². The number of nitrogens with zero attached hydrogens (tertiary/aromatic N) is 1. The normalized spacial score (nSPS) is 10.5. The number of nitrogens with one attached hydrogen (secondary N) is 1. The van der Waals surface area contributed by atoms with Crippen molar-refractivity contribution in [1.29, 1.82) is 0 Å². The lowest BCUT2D eigenvalue weighted by Gasteiger charge is -2.12. The Morgan fingerprint density at radius 2 is 2.11 bits per heavy atom. The van der Waals surface area contributed by atoms with Gasteiger partial charge in [-0.2, -0.15) is 5.10 Å². The molecule has 0 spiro atoms. The van der Waals surface area contributed by atoms with Gasteiger partial charge in [-0.05, 0) is 31.0 Å². The van der Waals surface area contributed by atoms with Gasteiger partial charge < -0.3 is 15.6 Å². The van der Waals surface area contributed by atoms with Gasteiger partial charge in [-0.25, -0.2) is 4.79 Å². The largest absolute Gasteiger partial charge is 0.496 e. The fourth-order valence-electron chi connectivity index (χ4n) is 2.19. The predicted octanol–water partition coefficient (Wildman–Crippen LogP) is 1.98. The summed E-state index contributed by atoms with van der Waals surface area (Å²) in [6.45, 7) is 3.82. The van der Waals surface area contributed by atoms with Gasteiger partial charge in [0.05, 0.1) is 12.7 Å². The molecule has 1 aromatic carbocycles. The van der Waals surface area contributed by atoms with Crippen LogP contribution in [0.25, 0.3) is 11.1 Å². The number of carboxylic acids is 1. The predicted molar refractivity (Wildman–Crippen MR) is 71.4 cm³/mol. The number of hydrogen-bond acceptors (Lipinski definition) is 4. The van der Waals surface area contributed by atoms with Crippen LogP contribution in [0, 0.1) is 13.8 Å². The van der Waals surface area contributed by atoms with Gasteiger partial charge in [-0.15, -0.1) is 0 Å². The Kier molecular flexibility index (Phi) is 3.16. The highest BCUT2D eigenvalue weighted by Crippen LogP contribution is 2.38. The summed E-state index contributed by atoms with van der Waals surface area (Å²) >= 11 is 0. The van der Waals surface area contributed by atoms with E-state index < -0.39 is 5.97 Å². The highest BCUT2D eigenvalue weighted by molar-refractivity contribution is 5.98. The summed E-state index contributed by atoms with van der Waals surface area (Å²) < 4.78 is 5.35. The standard InChI is InChI=1S/C13H15N3O3/c1-6-4-7(2)11(19-3)8(5-6)9-10(13(17)18)15-16-12(9)14/h4-5H,1-3H3,(H,17,18)(H3,14,15,16). The Labute approximate surface area is 110 Å². The maximum atomic E-state index is 11.2. The molecule has 0 aliphatic carbocycles. The fraction of sp³-hybridized carbons (Fsp3) is 0.231. The summed E-state index contributed by atoms with van der Waals surface area (Å²) in [6.07, 6.45) is 0. The van der Waals surface area contributed by atoms with Gasteiger partial charge in [-0.3, -0.25) is 5.10 Å². The number of aryl methyl sites for hydroxylation is 2. The molecule has 2 aromatic rings. The highest BCUT2D eigenvalue weighted by Gasteiger charge is 2.22. The maximum absolute atomic E-state index is 11.2. The quantitative estimate of drug-likeness (QED) is 0.784. The van der Waals surface area contributed by atoms with Crippen LogP contribution >= 0.6 is 0 Å². The third kappa shape index (κ3) is 2.12. The number of methoxy groups -OCH3 is 1. The van der Waals surface area contributed by atoms with Gasteiger partial charge in [-0.1, -0.05) is 6.07 Å². The van der Waals surface area contributed by atoms with Crippen LogP contribution in [0.5, 0.6) is 5.75 Å². The number of nitrogens with two attached hydrogens (primary N) is 1. The monoisotopic (exact) mass is 261 g/mol. The maximum Gasteiger partial charge on any atom is 0.354 e. The molecule has 0 amide bonds. The molecule has 2 rings (SSSR count). The zero-order valence-corrected chi connectivity index (χ0v) is 10.9. The molecule has 6 nitrogen and oxygen atoms in total. The van der Waals surface area contributed by atoms with E-state index in [9.17, 15) is 9.90 Å². The second-order valence-electron chi connectivity index (χ2n) is 4.33. The van der Waals surface area contributed by atoms with Gasteiger partial charge >= 0.3 is 5.97 Å². The molecule has 1 heterocycles. The first-order chi connectivity index (χ1) is 8.95. The van der Waals surface area contributed by atoms with E-state index >= 15 is 0 Å². The summed E-state index contributed by atoms with van der Waals surface area (Å²) in [7, 11) is 1.54. The van der Waals surface area contributed by atoms with Gasteiger partial charge in [0, 0.05) is 5.56 Å². The lowest BCUT2D eigenvalue weighted by atomic mass is 9.98. The number of H-pyrrole nitrogens is 1. The number of anilines is 1. The molecule has 0 unspecified atom stereocenters. The molecule has 0 aliphatic heterocycles. The SMILES string of the molecule is COc1c(C)cc(C)cc1-c1c(N)n[nH]c1C(=O)O. The van der Waals surface area contributed by atoms with Crippen molar-refractivity contribution in [2.75, 3.05) is 12.8 Å². The van der Waals surface area contributed by atoms with E-state index in [4.69, 9.17) is 10.5 Å². The minimum Gasteiger partial charge on any atom is -0.496 e. The van der Waals surface area contributed by atoms with Crippen molar-refractivity contribution in [3.63, 3.8) is 0 Å². The number of hydrogen-bond donors (Lipinski definition) is 3. The Balaban J connectivity index is 2.78. The first-order valence-corrected chi connectivity index (χ1v) is 5.68. The molecule has 0 saturated carbocycles. The third-order valence-corrected chi connectivity index (χ3v) is 2.90. The van der Waals surface area contributed by atoms with Crippen molar-refractivity contribution in [3.8, 4) is 16.9 Å². The van der Waals surface area contributed by atoms with Crippen molar-refractivity contribution in [1.82, 2.24) is 10.2 Å². The zero-order valence-electron chi connectivity index (χ0n) is 10.9. The van der Waals surface area contributed by atoms with Crippen LogP contribution in [0.4, 0.5) is 5.82 Å². The van der Waals surface area contributed by atoms with Gasteiger partial charge in [0.15, 0.2) is 11.5 Å². The molecule has 1 aromatic heterocycles. The molecule has 6 heteroatoms. The number of carbonyl (C=O) groups is 1. The van der Waals surface area contributed by atoms with Crippen LogP contribution in [0.3, 0.4) is 0 Å². The molecule has 19 heavy (non-hydrogen) atoms. The van der Waals surface area contributed by atoms with Crippen molar-refractivity contribution in [3.05, 3.63) is 29.0 Å². The van der Waals surface area contributed by atoms with Crippen LogP contribution in [0.1, 0.15) is 21.6 Å². The van der Waals surface area contributed by atoms with E-state index in [-0.39, 0.29) is 11.5 Å². The second-order valence-corrected chi connectivity index (χ2v) is 4.33. The first-order valence-electron chi connectivity index (χ1n) is 5.68. The van der Waals surface area contributed by atoms with Crippen LogP contribution in [-0.4, -0.2) is 28.4 Å². The number of nitrogen functional groups attached to an aromatic ring is 1. The van der Waals surface area contributed by atoms with Crippen LogP contribution in [0.2, 0.25) is 0 Å². The molecular formula is C13H15N3O3. The highest BCUT2D eigenvalue weighted by atomic mass is 16.5. The molecule has 0 atom stereocenters. The molecule has 0 fully saturated rings. The number of rotatable bonds is 3. The molecule has 0 radical (unpaired) electrons. The van der Waals surface area contributed by atoms with E-state index in [2.05, 4.69) is 10.2 Å². The number of aromatic carboxylic acids is 1. The molecule has 100 valence electrons. The average molecular weight is 261 g/mol. The van der Waals surface area contributed by atoms with Gasteiger partial charge in [0.25, 0.3) is 0 Å². The smallest absolute Gasteiger partial charge is 0.354 e. The molecule has 0 saturated heterocycles. The number of aromatic amines is 1. The van der Waals surface area contributed by atoms with Crippen molar-refractivity contribution in [2.45, 2.75) is 13.8 Å². The summed E-state index contributed by atoms with van der Waals surface area (Å²) in [4.78, 5) is 11.2. The second kappa shape index (κ2) is 4.64. The average Bonchev–Trinajstić information content (AvgIpc) is 2.70. The van der Waals surface area contributed by atoms with E-state index in [1.807, 2.05) is 26.0 Å². The topological polar surface area (TPSA) is 101 Å². The summed E-state index contributed by atoms with van der Waals surface area (Å²) in [6, 6.07) is 3.79. The summed E-state index contributed by atoms with van der Waals surface area (Å²) in [5.74, 6) is -0.373. The summed E-state index contributed by atoms with van der Waals surface area (Å²) in [5, 5.41) is 15.4. The molecule has 0 aliphatic rings. The van der Waals surface area contributed by atoms with Crippen LogP contribution < -0.4 is 10.5 Å². The Morgan fingerprint density at radius 1 is 1.42 bits per heavy atom. The fourth-order valence-corrected chi connectivity index (χ4v) is 2.19. The van der Waals surface area contributed by atoms with Crippen LogP contribution in [0.15, 0.2) is 12.1 Å². The van der Waals surface area contributed by atoms with E-state index in [0.29, 0.717) is 16.9 Å². The van der Waals surface area contributed by atoms with Crippen molar-refractivity contribution < 1.29 is 14.6 Å². The Morgan fingerprint density at radius 3 is 2.68 bits per heavy atom. The minimum atomic E-state index is -1.11. The molecule has 0 bridgehead atoms. The first kappa shape index (κ1) is 12.9. The number of aromatic nitrogens is 2. The van der Waals surface area contributed by atoms with Gasteiger partial charge in [0.2, 0.25) is 0 Å². The number of ether oxygens (including phenoxy) is 1. The zero-order chi connectivity index (χ0) is 14.2. The van der Waals surface area contributed by atoms with Crippen LogP contribution in [-0.2, 0) is 0 Å². The third-order valence-electron chi connectivity index (χ3n) is 2.90. The van der Waals surface area contributed by atoms with E-state index in [1.165, 1.54) is 7.11 Å². The molecule has 4 N–H and O–H groups in total. The van der Waals surface area contributed by atoms with Gasteiger partial charge in [0.1, 0.15) is 5.75 Å². The minimum absolute atomic E-state index is 0.0409. The Bertz CT molecular complexity index is 647. The van der Waals surface area contributed by atoms with Crippen molar-refractivity contribution >= 4 is 11.8 Å². The van der Waals surface area contributed by atoms with E-state index in [1.54, 1.807) is 0 Å². The number of benzene rings is 1. The molecular weight excluding hydrogens is 246 g/mol. The lowest BCUT2D eigenvalue weighted by molar-refractivity contribution is 0.0691. The summed E-state index contributed by atoms with van der Waals surface area (Å²) in [5.41, 5.74) is 8.62. The lowest BCUT2D eigenvalue weighted by Crippen LogP contribution is -2.01. The number of carboxylic acid groups (broad SMARTS) is 1.